The minimum absolute atomic E-state index is 0.354. The zero-order chi connectivity index (χ0) is 20.8. The van der Waals surface area contributed by atoms with Gasteiger partial charge in [-0.2, -0.15) is 0 Å². The van der Waals surface area contributed by atoms with E-state index in [0.717, 1.165) is 35.5 Å². The lowest BCUT2D eigenvalue weighted by molar-refractivity contribution is -0.102. The Morgan fingerprint density at radius 3 is 2.48 bits per heavy atom. The number of hydrogen-bond acceptors (Lipinski definition) is 1. The van der Waals surface area contributed by atoms with Crippen LogP contribution in [0, 0.1) is 52.3 Å². The Morgan fingerprint density at radius 2 is 1.72 bits per heavy atom. The third-order valence-corrected chi connectivity index (χ3v) is 11.0. The van der Waals surface area contributed by atoms with Crippen molar-refractivity contribution in [1.29, 1.82) is 0 Å². The minimum Gasteiger partial charge on any atom is -0.396 e. The van der Waals surface area contributed by atoms with Crippen LogP contribution >= 0.6 is 0 Å². The highest BCUT2D eigenvalue weighted by Gasteiger charge is 2.60. The number of aliphatic hydroxyl groups excluding tert-OH is 1. The van der Waals surface area contributed by atoms with Gasteiger partial charge in [-0.25, -0.2) is 0 Å². The molecule has 0 heterocycles. The van der Waals surface area contributed by atoms with Crippen molar-refractivity contribution >= 4 is 0 Å². The van der Waals surface area contributed by atoms with Crippen LogP contribution in [-0.4, -0.2) is 11.7 Å². The number of fused-ring (bicyclic) bond motifs is 5. The standard InChI is InChI=1S/C28H48O/c1-19(18-29)8-6-9-20(2)24-13-14-25-22-11-12-23-21(3)10-7-16-27(23,4)26(22)15-17-28(24,25)5/h19-20,22-26,29H,3,6-18H2,1-2,4-5H3/t19?,20-,22+,23?,24-,25+,26+,27+,28-/m1/s1. The molecule has 0 spiro atoms. The van der Waals surface area contributed by atoms with Crippen molar-refractivity contribution in [3.63, 3.8) is 0 Å². The minimum atomic E-state index is 0.354. The zero-order valence-corrected chi connectivity index (χ0v) is 19.9. The molecule has 0 saturated heterocycles. The van der Waals surface area contributed by atoms with E-state index in [0.29, 0.717) is 23.4 Å². The predicted octanol–water partition coefficient (Wildman–Crippen LogP) is 7.64. The first-order valence-corrected chi connectivity index (χ1v) is 13.1. The fourth-order valence-corrected chi connectivity index (χ4v) is 9.41. The van der Waals surface area contributed by atoms with Crippen molar-refractivity contribution in [2.75, 3.05) is 6.61 Å². The second-order valence-electron chi connectivity index (χ2n) is 12.4. The first kappa shape index (κ1) is 21.9. The SMILES string of the molecule is C=C1CCC[C@@]2(C)C1CC[C@H]1[C@@H]3CC[C@H]([C@H](C)CCCC(C)CO)[C@@]3(C)CC[C@@H]12. The van der Waals surface area contributed by atoms with Crippen molar-refractivity contribution in [3.8, 4) is 0 Å². The molecule has 29 heavy (non-hydrogen) atoms. The molecule has 1 heteroatoms. The van der Waals surface area contributed by atoms with E-state index in [9.17, 15) is 5.11 Å². The van der Waals surface area contributed by atoms with Crippen molar-refractivity contribution < 1.29 is 5.11 Å². The summed E-state index contributed by atoms with van der Waals surface area (Å²) >= 11 is 0. The fraction of sp³-hybridized carbons (Fsp3) is 0.929. The molecule has 166 valence electrons. The van der Waals surface area contributed by atoms with E-state index < -0.39 is 0 Å². The Kier molecular flexibility index (Phi) is 6.29. The molecule has 0 bridgehead atoms. The van der Waals surface area contributed by atoms with Gasteiger partial charge < -0.3 is 5.11 Å². The summed E-state index contributed by atoms with van der Waals surface area (Å²) in [7, 11) is 0. The third kappa shape index (κ3) is 3.66. The van der Waals surface area contributed by atoms with Gasteiger partial charge in [0.15, 0.2) is 0 Å². The van der Waals surface area contributed by atoms with Crippen LogP contribution in [0.2, 0.25) is 0 Å². The summed E-state index contributed by atoms with van der Waals surface area (Å²) in [5, 5.41) is 9.33. The van der Waals surface area contributed by atoms with Crippen molar-refractivity contribution in [2.24, 2.45) is 52.3 Å². The summed E-state index contributed by atoms with van der Waals surface area (Å²) in [5.41, 5.74) is 2.75. The zero-order valence-electron chi connectivity index (χ0n) is 19.9. The van der Waals surface area contributed by atoms with Crippen LogP contribution in [0.15, 0.2) is 12.2 Å². The first-order valence-electron chi connectivity index (χ1n) is 13.1. The van der Waals surface area contributed by atoms with Crippen LogP contribution in [-0.2, 0) is 0 Å². The highest BCUT2D eigenvalue weighted by Crippen LogP contribution is 2.68. The summed E-state index contributed by atoms with van der Waals surface area (Å²) in [6.07, 6.45) is 16.9. The van der Waals surface area contributed by atoms with Crippen LogP contribution in [0.5, 0.6) is 0 Å². The van der Waals surface area contributed by atoms with E-state index in [-0.39, 0.29) is 0 Å². The summed E-state index contributed by atoms with van der Waals surface area (Å²) < 4.78 is 0. The molecular formula is C28H48O. The van der Waals surface area contributed by atoms with Crippen LogP contribution < -0.4 is 0 Å². The molecule has 0 radical (unpaired) electrons. The van der Waals surface area contributed by atoms with Crippen LogP contribution in [0.25, 0.3) is 0 Å². The van der Waals surface area contributed by atoms with E-state index in [4.69, 9.17) is 0 Å². The van der Waals surface area contributed by atoms with Gasteiger partial charge in [0, 0.05) is 6.61 Å². The topological polar surface area (TPSA) is 20.2 Å². The lowest BCUT2D eigenvalue weighted by Crippen LogP contribution is -2.53. The molecule has 4 aliphatic rings. The second-order valence-corrected chi connectivity index (χ2v) is 12.4. The Labute approximate surface area is 181 Å². The largest absolute Gasteiger partial charge is 0.396 e. The molecule has 4 saturated carbocycles. The monoisotopic (exact) mass is 400 g/mol. The summed E-state index contributed by atoms with van der Waals surface area (Å²) in [6, 6.07) is 0. The Morgan fingerprint density at radius 1 is 0.966 bits per heavy atom. The van der Waals surface area contributed by atoms with Gasteiger partial charge in [0.1, 0.15) is 0 Å². The molecule has 1 N–H and O–H groups in total. The average Bonchev–Trinajstić information content (AvgIpc) is 3.05. The molecule has 0 aromatic carbocycles. The average molecular weight is 401 g/mol. The third-order valence-electron chi connectivity index (χ3n) is 11.0. The van der Waals surface area contributed by atoms with E-state index in [1.807, 2.05) is 0 Å². The molecule has 4 rings (SSSR count). The highest BCUT2D eigenvalue weighted by atomic mass is 16.3. The molecular weight excluding hydrogens is 352 g/mol. The molecule has 0 amide bonds. The van der Waals surface area contributed by atoms with Crippen molar-refractivity contribution in [1.82, 2.24) is 0 Å². The number of hydrogen-bond donors (Lipinski definition) is 1. The van der Waals surface area contributed by atoms with Crippen LogP contribution in [0.3, 0.4) is 0 Å². The van der Waals surface area contributed by atoms with Gasteiger partial charge in [-0.1, -0.05) is 52.7 Å². The molecule has 1 nitrogen and oxygen atoms in total. The lowest BCUT2D eigenvalue weighted by Gasteiger charge is -2.61. The van der Waals surface area contributed by atoms with Crippen molar-refractivity contribution in [3.05, 3.63) is 12.2 Å². The summed E-state index contributed by atoms with van der Waals surface area (Å²) in [6.45, 7) is 15.0. The fourth-order valence-electron chi connectivity index (χ4n) is 9.41. The maximum absolute atomic E-state index is 9.33. The Balaban J connectivity index is 1.45. The van der Waals surface area contributed by atoms with Gasteiger partial charge in [-0.15, -0.1) is 0 Å². The van der Waals surface area contributed by atoms with Crippen LogP contribution in [0.1, 0.15) is 105 Å². The second kappa shape index (κ2) is 8.33. The maximum atomic E-state index is 9.33. The number of allylic oxidation sites excluding steroid dienone is 1. The number of rotatable bonds is 6. The smallest absolute Gasteiger partial charge is 0.0456 e. The van der Waals surface area contributed by atoms with Gasteiger partial charge in [-0.05, 0) is 116 Å². The predicted molar refractivity (Wildman–Crippen MR) is 124 cm³/mol. The van der Waals surface area contributed by atoms with E-state index in [2.05, 4.69) is 34.3 Å². The molecule has 0 aromatic rings. The van der Waals surface area contributed by atoms with Crippen LogP contribution in [0.4, 0.5) is 0 Å². The summed E-state index contributed by atoms with van der Waals surface area (Å²) in [5.74, 6) is 6.04. The molecule has 0 aromatic heterocycles. The molecule has 0 aliphatic heterocycles. The molecule has 2 unspecified atom stereocenters. The van der Waals surface area contributed by atoms with Gasteiger partial charge in [0.25, 0.3) is 0 Å². The van der Waals surface area contributed by atoms with Crippen molar-refractivity contribution in [2.45, 2.75) is 105 Å². The Bertz CT molecular complexity index is 595. The van der Waals surface area contributed by atoms with Gasteiger partial charge in [0.2, 0.25) is 0 Å². The lowest BCUT2D eigenvalue weighted by atomic mass is 9.44. The van der Waals surface area contributed by atoms with Gasteiger partial charge in [0.05, 0.1) is 0 Å². The van der Waals surface area contributed by atoms with E-state index in [1.54, 1.807) is 5.57 Å². The molecule has 4 fully saturated rings. The quantitative estimate of drug-likeness (QED) is 0.454. The van der Waals surface area contributed by atoms with Gasteiger partial charge >= 0.3 is 0 Å². The van der Waals surface area contributed by atoms with E-state index >= 15 is 0 Å². The molecule has 9 atom stereocenters. The normalized spacial score (nSPS) is 46.5. The van der Waals surface area contributed by atoms with Gasteiger partial charge in [-0.3, -0.25) is 0 Å². The number of aliphatic hydroxyl groups is 1. The molecule has 4 aliphatic carbocycles. The van der Waals surface area contributed by atoms with E-state index in [1.165, 1.54) is 77.0 Å². The first-order chi connectivity index (χ1) is 13.8. The highest BCUT2D eigenvalue weighted by molar-refractivity contribution is 5.17. The summed E-state index contributed by atoms with van der Waals surface area (Å²) in [4.78, 5) is 0. The Hall–Kier alpha value is -0.300. The maximum Gasteiger partial charge on any atom is 0.0456 e.